The van der Waals surface area contributed by atoms with E-state index in [4.69, 9.17) is 9.47 Å². The summed E-state index contributed by atoms with van der Waals surface area (Å²) in [5.41, 5.74) is 1.91. The van der Waals surface area contributed by atoms with Crippen molar-refractivity contribution in [2.24, 2.45) is 0 Å². The summed E-state index contributed by atoms with van der Waals surface area (Å²) >= 11 is 0. The number of aromatic nitrogens is 2. The monoisotopic (exact) mass is 365 g/mol. The number of aryl methyl sites for hydroxylation is 1. The van der Waals surface area contributed by atoms with Crippen LogP contribution in [0.25, 0.3) is 5.69 Å². The number of para-hydroxylation sites is 1. The number of carbonyl (C=O) groups is 2. The van der Waals surface area contributed by atoms with Crippen LogP contribution in [-0.4, -0.2) is 35.4 Å². The summed E-state index contributed by atoms with van der Waals surface area (Å²) in [4.78, 5) is 24.2. The van der Waals surface area contributed by atoms with Gasteiger partial charge in [-0.25, -0.2) is 9.48 Å². The molecule has 1 amide bonds. The van der Waals surface area contributed by atoms with E-state index >= 15 is 0 Å². The molecule has 0 atom stereocenters. The van der Waals surface area contributed by atoms with Crippen molar-refractivity contribution in [1.82, 2.24) is 9.78 Å². The van der Waals surface area contributed by atoms with Crippen molar-refractivity contribution >= 4 is 17.7 Å². The van der Waals surface area contributed by atoms with E-state index < -0.39 is 18.5 Å². The molecule has 0 saturated heterocycles. The average molecular weight is 365 g/mol. The summed E-state index contributed by atoms with van der Waals surface area (Å²) in [5.74, 6) is 0.104. The molecule has 1 N–H and O–H groups in total. The maximum absolute atomic E-state index is 12.2. The van der Waals surface area contributed by atoms with Gasteiger partial charge >= 0.3 is 5.97 Å². The van der Waals surface area contributed by atoms with Crippen LogP contribution in [0.1, 0.15) is 16.1 Å². The molecule has 0 fully saturated rings. The summed E-state index contributed by atoms with van der Waals surface area (Å²) in [6.07, 6.45) is 0. The van der Waals surface area contributed by atoms with E-state index in [-0.39, 0.29) is 0 Å². The lowest BCUT2D eigenvalue weighted by Gasteiger charge is -2.09. The summed E-state index contributed by atoms with van der Waals surface area (Å²) in [6.45, 7) is 1.43. The smallest absolute Gasteiger partial charge is 0.338 e. The maximum atomic E-state index is 12.2. The fourth-order valence-electron chi connectivity index (χ4n) is 2.47. The van der Waals surface area contributed by atoms with Gasteiger partial charge in [0.2, 0.25) is 0 Å². The van der Waals surface area contributed by atoms with Crippen LogP contribution >= 0.6 is 0 Å². The van der Waals surface area contributed by atoms with Crippen molar-refractivity contribution in [2.75, 3.05) is 19.0 Å². The summed E-state index contributed by atoms with van der Waals surface area (Å²) in [7, 11) is 1.54. The van der Waals surface area contributed by atoms with Crippen LogP contribution in [-0.2, 0) is 9.53 Å². The van der Waals surface area contributed by atoms with E-state index in [2.05, 4.69) is 10.4 Å². The molecule has 0 spiro atoms. The first-order chi connectivity index (χ1) is 13.1. The number of hydrogen-bond acceptors (Lipinski definition) is 5. The van der Waals surface area contributed by atoms with Gasteiger partial charge in [0.05, 0.1) is 24.1 Å². The number of amides is 1. The van der Waals surface area contributed by atoms with Crippen LogP contribution in [0.4, 0.5) is 5.82 Å². The first-order valence-electron chi connectivity index (χ1n) is 8.30. The molecule has 0 unspecified atom stereocenters. The largest absolute Gasteiger partial charge is 0.497 e. The Morgan fingerprint density at radius 2 is 1.78 bits per heavy atom. The number of esters is 1. The van der Waals surface area contributed by atoms with Crippen LogP contribution in [0, 0.1) is 6.92 Å². The molecule has 7 heteroatoms. The third-order valence-corrected chi connectivity index (χ3v) is 3.76. The molecule has 2 aromatic carbocycles. The van der Waals surface area contributed by atoms with E-state index in [9.17, 15) is 9.59 Å². The lowest BCUT2D eigenvalue weighted by Crippen LogP contribution is -2.22. The van der Waals surface area contributed by atoms with Crippen molar-refractivity contribution < 1.29 is 19.1 Å². The molecule has 27 heavy (non-hydrogen) atoms. The van der Waals surface area contributed by atoms with E-state index in [1.807, 2.05) is 37.3 Å². The Kier molecular flexibility index (Phi) is 5.51. The van der Waals surface area contributed by atoms with E-state index in [1.54, 1.807) is 42.1 Å². The van der Waals surface area contributed by atoms with Gasteiger partial charge in [-0.05, 0) is 43.3 Å². The quantitative estimate of drug-likeness (QED) is 0.679. The van der Waals surface area contributed by atoms with Gasteiger partial charge in [-0.3, -0.25) is 4.79 Å². The number of anilines is 1. The highest BCUT2D eigenvalue weighted by molar-refractivity contribution is 5.95. The van der Waals surface area contributed by atoms with Crippen LogP contribution in [0.5, 0.6) is 5.75 Å². The Bertz CT molecular complexity index is 934. The van der Waals surface area contributed by atoms with Crippen LogP contribution in [0.2, 0.25) is 0 Å². The minimum absolute atomic E-state index is 0.341. The number of hydrogen-bond donors (Lipinski definition) is 1. The van der Waals surface area contributed by atoms with E-state index in [0.717, 1.165) is 11.4 Å². The lowest BCUT2D eigenvalue weighted by molar-refractivity contribution is -0.119. The molecule has 1 heterocycles. The second-order valence-electron chi connectivity index (χ2n) is 5.77. The van der Waals surface area contributed by atoms with Gasteiger partial charge in [-0.15, -0.1) is 0 Å². The number of methoxy groups -OCH3 is 1. The molecule has 0 aliphatic carbocycles. The summed E-state index contributed by atoms with van der Waals surface area (Å²) in [5, 5.41) is 7.09. The molecular formula is C20H19N3O4. The number of ether oxygens (including phenoxy) is 2. The molecule has 0 bridgehead atoms. The zero-order chi connectivity index (χ0) is 19.2. The zero-order valence-electron chi connectivity index (χ0n) is 15.0. The van der Waals surface area contributed by atoms with Crippen molar-refractivity contribution in [3.05, 3.63) is 71.9 Å². The van der Waals surface area contributed by atoms with Crippen molar-refractivity contribution in [3.8, 4) is 11.4 Å². The highest BCUT2D eigenvalue weighted by atomic mass is 16.5. The predicted molar refractivity (Wildman–Crippen MR) is 100 cm³/mol. The molecular weight excluding hydrogens is 346 g/mol. The predicted octanol–water partition coefficient (Wildman–Crippen LogP) is 2.98. The molecule has 7 nitrogen and oxygen atoms in total. The zero-order valence-corrected chi connectivity index (χ0v) is 15.0. The fraction of sp³-hybridized carbons (Fsp3) is 0.150. The summed E-state index contributed by atoms with van der Waals surface area (Å²) in [6, 6.07) is 17.6. The third-order valence-electron chi connectivity index (χ3n) is 3.76. The number of rotatable bonds is 6. The Labute approximate surface area is 156 Å². The molecule has 0 saturated carbocycles. The second-order valence-corrected chi connectivity index (χ2v) is 5.77. The fourth-order valence-corrected chi connectivity index (χ4v) is 2.47. The highest BCUT2D eigenvalue weighted by Crippen LogP contribution is 2.17. The van der Waals surface area contributed by atoms with Gasteiger partial charge in [0, 0.05) is 6.07 Å². The Morgan fingerprint density at radius 1 is 1.07 bits per heavy atom. The minimum Gasteiger partial charge on any atom is -0.497 e. The van der Waals surface area contributed by atoms with Crippen LogP contribution in [0.15, 0.2) is 60.7 Å². The standard InChI is InChI=1S/C20H19N3O4/c1-14-12-18(23(22-14)16-6-4-3-5-7-16)21-19(24)13-27-20(25)15-8-10-17(26-2)11-9-15/h3-12H,13H2,1-2H3,(H,21,24). The molecule has 0 aliphatic rings. The van der Waals surface area contributed by atoms with Gasteiger partial charge in [-0.2, -0.15) is 5.10 Å². The molecule has 138 valence electrons. The summed E-state index contributed by atoms with van der Waals surface area (Å²) < 4.78 is 11.7. The molecule has 0 radical (unpaired) electrons. The van der Waals surface area contributed by atoms with Gasteiger partial charge in [0.15, 0.2) is 6.61 Å². The number of carbonyl (C=O) groups excluding carboxylic acids is 2. The van der Waals surface area contributed by atoms with Gasteiger partial charge in [0.25, 0.3) is 5.91 Å². The number of nitrogens with zero attached hydrogens (tertiary/aromatic N) is 2. The Hall–Kier alpha value is -3.61. The SMILES string of the molecule is COc1ccc(C(=O)OCC(=O)Nc2cc(C)nn2-c2ccccc2)cc1. The maximum Gasteiger partial charge on any atom is 0.338 e. The normalized spacial score (nSPS) is 10.3. The topological polar surface area (TPSA) is 82.4 Å². The third kappa shape index (κ3) is 4.52. The molecule has 1 aromatic heterocycles. The van der Waals surface area contributed by atoms with Crippen molar-refractivity contribution in [1.29, 1.82) is 0 Å². The Morgan fingerprint density at radius 3 is 2.44 bits per heavy atom. The first-order valence-corrected chi connectivity index (χ1v) is 8.30. The molecule has 3 aromatic rings. The first kappa shape index (κ1) is 18.2. The van der Waals surface area contributed by atoms with Gasteiger partial charge < -0.3 is 14.8 Å². The van der Waals surface area contributed by atoms with Crippen LogP contribution < -0.4 is 10.1 Å². The highest BCUT2D eigenvalue weighted by Gasteiger charge is 2.14. The minimum atomic E-state index is -0.583. The van der Waals surface area contributed by atoms with E-state index in [0.29, 0.717) is 17.1 Å². The van der Waals surface area contributed by atoms with Gasteiger partial charge in [0.1, 0.15) is 11.6 Å². The Balaban J connectivity index is 1.62. The second kappa shape index (κ2) is 8.18. The molecule has 3 rings (SSSR count). The van der Waals surface area contributed by atoms with Crippen molar-refractivity contribution in [3.63, 3.8) is 0 Å². The number of nitrogens with one attached hydrogen (secondary N) is 1. The van der Waals surface area contributed by atoms with Crippen molar-refractivity contribution in [2.45, 2.75) is 6.92 Å². The molecule has 0 aliphatic heterocycles. The van der Waals surface area contributed by atoms with Crippen LogP contribution in [0.3, 0.4) is 0 Å². The average Bonchev–Trinajstić information content (AvgIpc) is 3.07. The van der Waals surface area contributed by atoms with E-state index in [1.165, 1.54) is 0 Å². The van der Waals surface area contributed by atoms with Gasteiger partial charge in [-0.1, -0.05) is 18.2 Å². The number of benzene rings is 2. The lowest BCUT2D eigenvalue weighted by atomic mass is 10.2.